The van der Waals surface area contributed by atoms with Crippen LogP contribution in [-0.4, -0.2) is 20.0 Å². The van der Waals surface area contributed by atoms with Crippen LogP contribution in [0.15, 0.2) is 11.6 Å². The van der Waals surface area contributed by atoms with Crippen LogP contribution in [0.1, 0.15) is 65.2 Å². The average molecular weight is 369 g/mol. The molecule has 7 atom stereocenters. The third kappa shape index (κ3) is 2.39. The second-order valence-corrected chi connectivity index (χ2v) is 9.80. The zero-order valence-corrected chi connectivity index (χ0v) is 17.0. The quantitative estimate of drug-likeness (QED) is 0.660. The van der Waals surface area contributed by atoms with Crippen molar-refractivity contribution < 1.29 is 9.47 Å². The van der Waals surface area contributed by atoms with Gasteiger partial charge in [-0.2, -0.15) is 10.5 Å². The number of rotatable bonds is 3. The molecule has 0 bridgehead atoms. The molecule has 4 unspecified atom stereocenters. The molecule has 3 fully saturated rings. The van der Waals surface area contributed by atoms with Gasteiger partial charge in [-0.1, -0.05) is 19.9 Å². The molecule has 4 rings (SSSR count). The summed E-state index contributed by atoms with van der Waals surface area (Å²) in [6.07, 6.45) is 10.9. The van der Waals surface area contributed by atoms with Gasteiger partial charge < -0.3 is 9.47 Å². The first kappa shape index (κ1) is 19.0. The number of hydrogen-bond donors (Lipinski definition) is 0. The van der Waals surface area contributed by atoms with Gasteiger partial charge in [-0.3, -0.25) is 0 Å². The van der Waals surface area contributed by atoms with Crippen molar-refractivity contribution in [2.24, 2.45) is 34.0 Å². The zero-order valence-electron chi connectivity index (χ0n) is 17.0. The Balaban J connectivity index is 1.66. The molecule has 0 aromatic carbocycles. The molecule has 27 heavy (non-hydrogen) atoms. The summed E-state index contributed by atoms with van der Waals surface area (Å²) in [5.41, 5.74) is 0.334. The summed E-state index contributed by atoms with van der Waals surface area (Å²) in [6, 6.07) is 5.07. The molecule has 0 heterocycles. The van der Waals surface area contributed by atoms with Crippen LogP contribution >= 0.6 is 0 Å². The molecular weight excluding hydrogens is 336 g/mol. The molecule has 0 N–H and O–H groups in total. The Morgan fingerprint density at radius 1 is 1.07 bits per heavy atom. The maximum absolute atomic E-state index is 10.2. The minimum absolute atomic E-state index is 0.0721. The summed E-state index contributed by atoms with van der Waals surface area (Å²) < 4.78 is 11.3. The van der Waals surface area contributed by atoms with Gasteiger partial charge in [0.2, 0.25) is 0 Å². The van der Waals surface area contributed by atoms with Gasteiger partial charge >= 0.3 is 0 Å². The molecule has 0 aromatic rings. The van der Waals surface area contributed by atoms with Gasteiger partial charge in [0.05, 0.1) is 23.7 Å². The number of nitriles is 2. The van der Waals surface area contributed by atoms with Crippen molar-refractivity contribution in [1.29, 1.82) is 10.5 Å². The Labute approximate surface area is 163 Å². The van der Waals surface area contributed by atoms with E-state index in [2.05, 4.69) is 26.0 Å². The van der Waals surface area contributed by atoms with Crippen molar-refractivity contribution >= 4 is 0 Å². The predicted octanol–water partition coefficient (Wildman–Crippen LogP) is 4.97. The van der Waals surface area contributed by atoms with Crippen molar-refractivity contribution in [2.45, 2.75) is 71.3 Å². The molecular formula is C23H32N2O2. The van der Waals surface area contributed by atoms with Gasteiger partial charge in [0.15, 0.2) is 0 Å². The van der Waals surface area contributed by atoms with E-state index in [0.717, 1.165) is 50.5 Å². The highest BCUT2D eigenvalue weighted by atomic mass is 16.7. The molecule has 0 spiro atoms. The van der Waals surface area contributed by atoms with E-state index in [0.29, 0.717) is 30.7 Å². The number of hydrogen-bond acceptors (Lipinski definition) is 4. The molecule has 0 amide bonds. The maximum Gasteiger partial charge on any atom is 0.146 e. The number of allylic oxidation sites excluding steroid dienone is 2. The van der Waals surface area contributed by atoms with E-state index in [4.69, 9.17) is 9.47 Å². The van der Waals surface area contributed by atoms with Crippen LogP contribution in [0, 0.1) is 56.7 Å². The highest BCUT2D eigenvalue weighted by molar-refractivity contribution is 5.42. The van der Waals surface area contributed by atoms with Gasteiger partial charge in [0.25, 0.3) is 0 Å². The lowest BCUT2D eigenvalue weighted by atomic mass is 9.40. The summed E-state index contributed by atoms with van der Waals surface area (Å²) in [4.78, 5) is 0. The Bertz CT molecular complexity index is 719. The monoisotopic (exact) mass is 368 g/mol. The zero-order chi connectivity index (χ0) is 19.3. The van der Waals surface area contributed by atoms with E-state index >= 15 is 0 Å². The van der Waals surface area contributed by atoms with Gasteiger partial charge in [0.1, 0.15) is 6.79 Å². The molecule has 0 aromatic heterocycles. The summed E-state index contributed by atoms with van der Waals surface area (Å²) in [5, 5.41) is 20.0. The predicted molar refractivity (Wildman–Crippen MR) is 102 cm³/mol. The minimum atomic E-state index is -0.570. The van der Waals surface area contributed by atoms with Crippen LogP contribution in [0.2, 0.25) is 0 Å². The van der Waals surface area contributed by atoms with Crippen LogP contribution in [-0.2, 0) is 9.47 Å². The molecule has 146 valence electrons. The second-order valence-electron chi connectivity index (χ2n) is 9.80. The first-order valence-electron chi connectivity index (χ1n) is 10.6. The number of fused-ring (bicyclic) bond motifs is 5. The van der Waals surface area contributed by atoms with E-state index in [-0.39, 0.29) is 10.8 Å². The topological polar surface area (TPSA) is 66.0 Å². The molecule has 3 saturated carbocycles. The van der Waals surface area contributed by atoms with Crippen LogP contribution in [0.3, 0.4) is 0 Å². The third-order valence-electron chi connectivity index (χ3n) is 9.17. The Hall–Kier alpha value is -1.36. The van der Waals surface area contributed by atoms with E-state index in [1.54, 1.807) is 7.11 Å². The van der Waals surface area contributed by atoms with Crippen molar-refractivity contribution in [3.63, 3.8) is 0 Å². The standard InChI is InChI=1S/C23H32N2O2/c1-21-11-9-19-17(18(21)6-7-20(21)27-15-26-3)8-12-23(14-25)16(13-24)5-4-10-22(19,23)2/h5,17-20H,4,6-12,15H2,1-3H3/t17?,18?,19?,20-,21-,22+,23?/m0/s1. The number of methoxy groups -OCH3 is 1. The van der Waals surface area contributed by atoms with Gasteiger partial charge in [-0.25, -0.2) is 0 Å². The van der Waals surface area contributed by atoms with E-state index in [9.17, 15) is 10.5 Å². The van der Waals surface area contributed by atoms with Crippen LogP contribution < -0.4 is 0 Å². The fourth-order valence-electron chi connectivity index (χ4n) is 7.76. The summed E-state index contributed by atoms with van der Waals surface area (Å²) in [7, 11) is 1.69. The summed E-state index contributed by atoms with van der Waals surface area (Å²) in [6.45, 7) is 5.14. The molecule has 0 saturated heterocycles. The average Bonchev–Trinajstić information content (AvgIpc) is 3.01. The van der Waals surface area contributed by atoms with Gasteiger partial charge in [-0.15, -0.1) is 0 Å². The Kier molecular flexibility index (Phi) is 4.65. The lowest BCUT2D eigenvalue weighted by molar-refractivity contribution is -0.154. The molecule has 0 aliphatic heterocycles. The first-order chi connectivity index (χ1) is 13.0. The maximum atomic E-state index is 10.2. The SMILES string of the molecule is COCO[C@H]1CCC2C3CCC4(C#N)C(C#N)=CCC[C@]4(C)C3CC[C@@]21C. The van der Waals surface area contributed by atoms with Gasteiger partial charge in [0, 0.05) is 12.7 Å². The lowest BCUT2D eigenvalue weighted by Gasteiger charge is -2.62. The highest BCUT2D eigenvalue weighted by Crippen LogP contribution is 2.70. The number of ether oxygens (including phenoxy) is 2. The summed E-state index contributed by atoms with van der Waals surface area (Å²) >= 11 is 0. The molecule has 0 radical (unpaired) electrons. The fourth-order valence-corrected chi connectivity index (χ4v) is 7.76. The van der Waals surface area contributed by atoms with Gasteiger partial charge in [-0.05, 0) is 80.0 Å². The minimum Gasteiger partial charge on any atom is -0.359 e. The lowest BCUT2D eigenvalue weighted by Crippen LogP contribution is -2.58. The fraction of sp³-hybridized carbons (Fsp3) is 0.826. The molecule has 4 aliphatic rings. The Morgan fingerprint density at radius 3 is 2.59 bits per heavy atom. The van der Waals surface area contributed by atoms with Crippen LogP contribution in [0.25, 0.3) is 0 Å². The van der Waals surface area contributed by atoms with Crippen molar-refractivity contribution in [1.82, 2.24) is 0 Å². The van der Waals surface area contributed by atoms with Crippen LogP contribution in [0.5, 0.6) is 0 Å². The first-order valence-corrected chi connectivity index (χ1v) is 10.6. The Morgan fingerprint density at radius 2 is 1.89 bits per heavy atom. The van der Waals surface area contributed by atoms with E-state index in [1.165, 1.54) is 6.42 Å². The molecule has 4 aliphatic carbocycles. The van der Waals surface area contributed by atoms with Crippen LogP contribution in [0.4, 0.5) is 0 Å². The smallest absolute Gasteiger partial charge is 0.146 e. The highest BCUT2D eigenvalue weighted by Gasteiger charge is 2.65. The van der Waals surface area contributed by atoms with E-state index in [1.807, 2.05) is 6.08 Å². The van der Waals surface area contributed by atoms with Crippen molar-refractivity contribution in [3.8, 4) is 12.1 Å². The summed E-state index contributed by atoms with van der Waals surface area (Å²) in [5.74, 6) is 1.87. The normalized spacial score (nSPS) is 48.4. The number of nitrogens with zero attached hydrogens (tertiary/aromatic N) is 2. The van der Waals surface area contributed by atoms with Crippen molar-refractivity contribution in [2.75, 3.05) is 13.9 Å². The molecule has 4 nitrogen and oxygen atoms in total. The largest absolute Gasteiger partial charge is 0.359 e. The van der Waals surface area contributed by atoms with Crippen molar-refractivity contribution in [3.05, 3.63) is 11.6 Å². The third-order valence-corrected chi connectivity index (χ3v) is 9.17. The molecule has 4 heteroatoms. The second kappa shape index (κ2) is 6.61. The van der Waals surface area contributed by atoms with E-state index < -0.39 is 5.41 Å².